The van der Waals surface area contributed by atoms with Crippen LogP contribution >= 0.6 is 11.6 Å². The van der Waals surface area contributed by atoms with Gasteiger partial charge >= 0.3 is 0 Å². The quantitative estimate of drug-likeness (QED) is 0.656. The lowest BCUT2D eigenvalue weighted by Crippen LogP contribution is -2.27. The van der Waals surface area contributed by atoms with Crippen molar-refractivity contribution in [3.05, 3.63) is 45.3 Å². The van der Waals surface area contributed by atoms with Gasteiger partial charge < -0.3 is 15.0 Å². The van der Waals surface area contributed by atoms with E-state index in [2.05, 4.69) is 15.4 Å². The van der Waals surface area contributed by atoms with E-state index in [-0.39, 0.29) is 16.6 Å². The molecule has 1 fully saturated rings. The molecular formula is C19H20ClN5O3. The molecule has 0 bridgehead atoms. The molecule has 4 rings (SSSR count). The first-order chi connectivity index (χ1) is 13.5. The van der Waals surface area contributed by atoms with Crippen molar-refractivity contribution in [1.29, 1.82) is 0 Å². The van der Waals surface area contributed by atoms with Crippen LogP contribution in [0.5, 0.6) is 5.75 Å². The standard InChI is InChI=1S/C19H20ClN5O3/c1-24-19(27)16-13(10-15(20)22-17(16)23-24)21-12-6-5-11(9-14(12)28-2)18(26)25-7-3-4-8-25/h5-6,9-10H,3-4,7-8H2,1-2H3,(H2,21,22,23). The summed E-state index contributed by atoms with van der Waals surface area (Å²) in [6, 6.07) is 6.81. The van der Waals surface area contributed by atoms with Crippen LogP contribution in [0.1, 0.15) is 23.2 Å². The molecule has 9 heteroatoms. The number of hydrogen-bond donors (Lipinski definition) is 2. The van der Waals surface area contributed by atoms with Crippen molar-refractivity contribution in [2.24, 2.45) is 7.05 Å². The van der Waals surface area contributed by atoms with Crippen LogP contribution in [0.2, 0.25) is 5.15 Å². The number of carbonyl (C=O) groups is 1. The molecular weight excluding hydrogens is 382 g/mol. The van der Waals surface area contributed by atoms with Crippen molar-refractivity contribution < 1.29 is 9.53 Å². The smallest absolute Gasteiger partial charge is 0.277 e. The van der Waals surface area contributed by atoms with Crippen LogP contribution in [0.4, 0.5) is 11.4 Å². The highest BCUT2D eigenvalue weighted by Crippen LogP contribution is 2.32. The normalized spacial score (nSPS) is 13.9. The summed E-state index contributed by atoms with van der Waals surface area (Å²) in [5, 5.41) is 6.70. The molecule has 0 aliphatic carbocycles. The van der Waals surface area contributed by atoms with Crippen LogP contribution in [0.3, 0.4) is 0 Å². The number of aromatic amines is 1. The number of ether oxygens (including phenoxy) is 1. The van der Waals surface area contributed by atoms with Crippen molar-refractivity contribution >= 4 is 39.9 Å². The van der Waals surface area contributed by atoms with Gasteiger partial charge in [-0.1, -0.05) is 11.6 Å². The zero-order valence-electron chi connectivity index (χ0n) is 15.6. The Labute approximate surface area is 166 Å². The number of aromatic nitrogens is 3. The van der Waals surface area contributed by atoms with Crippen LogP contribution in [-0.4, -0.2) is 45.8 Å². The molecule has 8 nitrogen and oxygen atoms in total. The van der Waals surface area contributed by atoms with Crippen LogP contribution < -0.4 is 15.6 Å². The van der Waals surface area contributed by atoms with E-state index < -0.39 is 0 Å². The first-order valence-electron chi connectivity index (χ1n) is 8.97. The maximum absolute atomic E-state index is 12.6. The highest BCUT2D eigenvalue weighted by Gasteiger charge is 2.21. The van der Waals surface area contributed by atoms with E-state index in [0.29, 0.717) is 33.7 Å². The Bertz CT molecular complexity index is 1110. The highest BCUT2D eigenvalue weighted by atomic mass is 35.5. The average molecular weight is 402 g/mol. The second-order valence-electron chi connectivity index (χ2n) is 6.73. The number of pyridine rings is 1. The molecule has 146 valence electrons. The van der Waals surface area contributed by atoms with Crippen LogP contribution in [0.25, 0.3) is 11.0 Å². The van der Waals surface area contributed by atoms with Gasteiger partial charge in [-0.3, -0.25) is 19.4 Å². The SMILES string of the molecule is COc1cc(C(=O)N2CCCC2)ccc1Nc1cc(Cl)nc2[nH]n(C)c(=O)c12. The van der Waals surface area contributed by atoms with Crippen molar-refractivity contribution in [3.63, 3.8) is 0 Å². The number of nitrogens with zero attached hydrogens (tertiary/aromatic N) is 3. The molecule has 0 unspecified atom stereocenters. The first-order valence-corrected chi connectivity index (χ1v) is 9.35. The monoisotopic (exact) mass is 401 g/mol. The van der Waals surface area contributed by atoms with E-state index >= 15 is 0 Å². The minimum atomic E-state index is -0.221. The Morgan fingerprint density at radius 3 is 2.71 bits per heavy atom. The number of hydrogen-bond acceptors (Lipinski definition) is 5. The predicted octanol–water partition coefficient (Wildman–Crippen LogP) is 2.90. The Hall–Kier alpha value is -3.00. The summed E-state index contributed by atoms with van der Waals surface area (Å²) in [4.78, 5) is 31.0. The van der Waals surface area contributed by atoms with Crippen molar-refractivity contribution in [3.8, 4) is 5.75 Å². The summed E-state index contributed by atoms with van der Waals surface area (Å²) >= 11 is 6.10. The maximum atomic E-state index is 12.6. The summed E-state index contributed by atoms with van der Waals surface area (Å²) in [5.74, 6) is 0.495. The third kappa shape index (κ3) is 3.20. The number of halogens is 1. The molecule has 0 saturated carbocycles. The number of fused-ring (bicyclic) bond motifs is 1. The van der Waals surface area contributed by atoms with Gasteiger partial charge in [-0.05, 0) is 37.1 Å². The van der Waals surface area contributed by atoms with E-state index in [9.17, 15) is 9.59 Å². The van der Waals surface area contributed by atoms with Crippen LogP contribution in [0, 0.1) is 0 Å². The van der Waals surface area contributed by atoms with Gasteiger partial charge in [-0.2, -0.15) is 0 Å². The Morgan fingerprint density at radius 2 is 2.00 bits per heavy atom. The zero-order chi connectivity index (χ0) is 19.8. The molecule has 0 radical (unpaired) electrons. The van der Waals surface area contributed by atoms with E-state index in [1.165, 1.54) is 11.8 Å². The highest BCUT2D eigenvalue weighted by molar-refractivity contribution is 6.30. The molecule has 3 heterocycles. The van der Waals surface area contributed by atoms with Gasteiger partial charge in [-0.15, -0.1) is 0 Å². The van der Waals surface area contributed by atoms with Crippen molar-refractivity contribution in [2.75, 3.05) is 25.5 Å². The van der Waals surface area contributed by atoms with Crippen LogP contribution in [-0.2, 0) is 7.05 Å². The van der Waals surface area contributed by atoms with Gasteiger partial charge in [-0.25, -0.2) is 4.98 Å². The fraction of sp³-hybridized carbons (Fsp3) is 0.316. The first kappa shape index (κ1) is 18.4. The van der Waals surface area contributed by atoms with Gasteiger partial charge in [0.05, 0.1) is 18.5 Å². The van der Waals surface area contributed by atoms with E-state index in [4.69, 9.17) is 16.3 Å². The molecule has 2 N–H and O–H groups in total. The topological polar surface area (TPSA) is 92.2 Å². The minimum Gasteiger partial charge on any atom is -0.495 e. The summed E-state index contributed by atoms with van der Waals surface area (Å²) in [6.45, 7) is 1.57. The fourth-order valence-electron chi connectivity index (χ4n) is 3.46. The molecule has 3 aromatic rings. The molecule has 0 spiro atoms. The summed E-state index contributed by atoms with van der Waals surface area (Å²) < 4.78 is 6.82. The minimum absolute atomic E-state index is 0.00352. The maximum Gasteiger partial charge on any atom is 0.277 e. The lowest BCUT2D eigenvalue weighted by molar-refractivity contribution is 0.0792. The molecule has 1 aromatic carbocycles. The Balaban J connectivity index is 1.71. The molecule has 28 heavy (non-hydrogen) atoms. The van der Waals surface area contributed by atoms with Gasteiger partial charge in [0.25, 0.3) is 11.5 Å². The van der Waals surface area contributed by atoms with Crippen molar-refractivity contribution in [1.82, 2.24) is 19.7 Å². The summed E-state index contributed by atoms with van der Waals surface area (Å²) in [7, 11) is 3.15. The van der Waals surface area contributed by atoms with Gasteiger partial charge in [0.2, 0.25) is 0 Å². The number of benzene rings is 1. The Kier molecular flexibility index (Phi) is 4.72. The number of methoxy groups -OCH3 is 1. The van der Waals surface area contributed by atoms with Crippen molar-refractivity contribution in [2.45, 2.75) is 12.8 Å². The van der Waals surface area contributed by atoms with E-state index in [0.717, 1.165) is 25.9 Å². The molecule has 2 aromatic heterocycles. The third-order valence-electron chi connectivity index (χ3n) is 4.89. The van der Waals surface area contributed by atoms with E-state index in [1.807, 2.05) is 4.90 Å². The number of rotatable bonds is 4. The third-order valence-corrected chi connectivity index (χ3v) is 5.09. The molecule has 0 atom stereocenters. The number of nitrogens with one attached hydrogen (secondary N) is 2. The summed E-state index contributed by atoms with van der Waals surface area (Å²) in [6.07, 6.45) is 2.07. The number of amides is 1. The summed E-state index contributed by atoms with van der Waals surface area (Å²) in [5.41, 5.74) is 1.87. The molecule has 1 amide bonds. The Morgan fingerprint density at radius 1 is 1.25 bits per heavy atom. The predicted molar refractivity (Wildman–Crippen MR) is 108 cm³/mol. The number of H-pyrrole nitrogens is 1. The number of aryl methyl sites for hydroxylation is 1. The lowest BCUT2D eigenvalue weighted by Gasteiger charge is -2.17. The molecule has 1 aliphatic rings. The van der Waals surface area contributed by atoms with Gasteiger partial charge in [0, 0.05) is 25.7 Å². The zero-order valence-corrected chi connectivity index (χ0v) is 16.3. The largest absolute Gasteiger partial charge is 0.495 e. The van der Waals surface area contributed by atoms with E-state index in [1.54, 1.807) is 31.3 Å². The van der Waals surface area contributed by atoms with Crippen LogP contribution in [0.15, 0.2) is 29.1 Å². The molecule has 1 aliphatic heterocycles. The fourth-order valence-corrected chi connectivity index (χ4v) is 3.66. The molecule has 1 saturated heterocycles. The lowest BCUT2D eigenvalue weighted by atomic mass is 10.1. The van der Waals surface area contributed by atoms with Gasteiger partial charge in [0.1, 0.15) is 16.3 Å². The second-order valence-corrected chi connectivity index (χ2v) is 7.12. The number of likely N-dealkylation sites (tertiary alicyclic amines) is 1. The second kappa shape index (κ2) is 7.20. The number of carbonyl (C=O) groups excluding carboxylic acids is 1. The average Bonchev–Trinajstić information content (AvgIpc) is 3.30. The number of anilines is 2. The van der Waals surface area contributed by atoms with Gasteiger partial charge in [0.15, 0.2) is 5.65 Å².